The van der Waals surface area contributed by atoms with Gasteiger partial charge in [-0.05, 0) is 42.3 Å². The van der Waals surface area contributed by atoms with E-state index in [9.17, 15) is 4.79 Å². The van der Waals surface area contributed by atoms with Crippen LogP contribution in [0.1, 0.15) is 26.1 Å². The van der Waals surface area contributed by atoms with Gasteiger partial charge in [0.2, 0.25) is 0 Å². The van der Waals surface area contributed by atoms with Gasteiger partial charge in [-0.25, -0.2) is 0 Å². The Morgan fingerprint density at radius 1 is 1.14 bits per heavy atom. The van der Waals surface area contributed by atoms with Gasteiger partial charge in [-0.2, -0.15) is 0 Å². The number of benzene rings is 2. The molecular formula is C17H16ClNOS2. The van der Waals surface area contributed by atoms with Crippen LogP contribution in [-0.2, 0) is 0 Å². The van der Waals surface area contributed by atoms with Gasteiger partial charge in [-0.3, -0.25) is 4.79 Å². The van der Waals surface area contributed by atoms with E-state index in [2.05, 4.69) is 17.4 Å². The fraction of sp³-hybridized carbons (Fsp3) is 0.235. The van der Waals surface area contributed by atoms with E-state index >= 15 is 0 Å². The summed E-state index contributed by atoms with van der Waals surface area (Å²) in [6, 6.07) is 13.4. The summed E-state index contributed by atoms with van der Waals surface area (Å²) in [5, 5.41) is 3.58. The molecule has 1 fully saturated rings. The number of hydrogen-bond donors (Lipinski definition) is 1. The molecule has 0 saturated carbocycles. The molecule has 5 heteroatoms. The van der Waals surface area contributed by atoms with Crippen LogP contribution in [0.5, 0.6) is 0 Å². The highest BCUT2D eigenvalue weighted by atomic mass is 35.5. The van der Waals surface area contributed by atoms with Crippen LogP contribution < -0.4 is 5.32 Å². The van der Waals surface area contributed by atoms with Crippen molar-refractivity contribution in [2.45, 2.75) is 11.5 Å². The fourth-order valence-corrected chi connectivity index (χ4v) is 5.31. The Hall–Kier alpha value is -1.10. The zero-order chi connectivity index (χ0) is 15.5. The highest BCUT2D eigenvalue weighted by molar-refractivity contribution is 8.19. The predicted octanol–water partition coefficient (Wildman–Crippen LogP) is 5.38. The number of amides is 1. The SMILES string of the molecule is Cc1c(Cl)cccc1NC(=O)c1ccc(C2SCCS2)cc1. The summed E-state index contributed by atoms with van der Waals surface area (Å²) >= 11 is 10.0. The van der Waals surface area contributed by atoms with E-state index in [-0.39, 0.29) is 5.91 Å². The minimum Gasteiger partial charge on any atom is -0.322 e. The van der Waals surface area contributed by atoms with E-state index in [1.54, 1.807) is 0 Å². The van der Waals surface area contributed by atoms with E-state index in [1.165, 1.54) is 17.1 Å². The summed E-state index contributed by atoms with van der Waals surface area (Å²) in [6.45, 7) is 1.90. The predicted molar refractivity (Wildman–Crippen MR) is 98.2 cm³/mol. The standard InChI is InChI=1S/C17H16ClNOS2/c1-11-14(18)3-2-4-15(11)19-16(20)12-5-7-13(8-6-12)17-21-9-10-22-17/h2-8,17H,9-10H2,1H3,(H,19,20). The van der Waals surface area contributed by atoms with E-state index < -0.39 is 0 Å². The molecule has 2 nitrogen and oxygen atoms in total. The van der Waals surface area contributed by atoms with Crippen molar-refractivity contribution in [3.8, 4) is 0 Å². The molecule has 0 aromatic heterocycles. The van der Waals surface area contributed by atoms with Crippen molar-refractivity contribution in [1.29, 1.82) is 0 Å². The molecule has 2 aromatic rings. The summed E-state index contributed by atoms with van der Waals surface area (Å²) in [5.74, 6) is 2.29. The lowest BCUT2D eigenvalue weighted by Gasteiger charge is -2.11. The molecule has 0 bridgehead atoms. The van der Waals surface area contributed by atoms with Crippen molar-refractivity contribution in [1.82, 2.24) is 0 Å². The third kappa shape index (κ3) is 3.45. The maximum atomic E-state index is 12.3. The molecule has 1 saturated heterocycles. The van der Waals surface area contributed by atoms with Gasteiger partial charge in [0.15, 0.2) is 0 Å². The number of rotatable bonds is 3. The lowest BCUT2D eigenvalue weighted by molar-refractivity contribution is 0.102. The molecule has 0 aliphatic carbocycles. The van der Waals surface area contributed by atoms with Crippen molar-refractivity contribution in [3.05, 3.63) is 64.2 Å². The monoisotopic (exact) mass is 349 g/mol. The molecule has 1 amide bonds. The molecule has 0 radical (unpaired) electrons. The maximum Gasteiger partial charge on any atom is 0.255 e. The topological polar surface area (TPSA) is 29.1 Å². The molecule has 0 atom stereocenters. The second-order valence-corrected chi connectivity index (χ2v) is 8.19. The molecule has 0 unspecified atom stereocenters. The first-order valence-electron chi connectivity index (χ1n) is 7.05. The van der Waals surface area contributed by atoms with E-state index in [0.717, 1.165) is 11.3 Å². The Kier molecular flexibility index (Phi) is 5.01. The van der Waals surface area contributed by atoms with Crippen LogP contribution in [0.15, 0.2) is 42.5 Å². The Labute approximate surface area is 144 Å². The van der Waals surface area contributed by atoms with Crippen LogP contribution in [-0.4, -0.2) is 17.4 Å². The quantitative estimate of drug-likeness (QED) is 0.806. The summed E-state index contributed by atoms with van der Waals surface area (Å²) in [7, 11) is 0. The first-order valence-corrected chi connectivity index (χ1v) is 9.52. The second kappa shape index (κ2) is 6.99. The largest absolute Gasteiger partial charge is 0.322 e. The summed E-state index contributed by atoms with van der Waals surface area (Å²) in [5.41, 5.74) is 3.58. The van der Waals surface area contributed by atoms with E-state index in [1.807, 2.05) is 60.8 Å². The van der Waals surface area contributed by atoms with Crippen LogP contribution in [0.4, 0.5) is 5.69 Å². The van der Waals surface area contributed by atoms with E-state index in [4.69, 9.17) is 11.6 Å². The average molecular weight is 350 g/mol. The van der Waals surface area contributed by atoms with Crippen LogP contribution in [0.2, 0.25) is 5.02 Å². The zero-order valence-corrected chi connectivity index (χ0v) is 14.5. The molecule has 1 N–H and O–H groups in total. The van der Waals surface area contributed by atoms with Crippen LogP contribution >= 0.6 is 35.1 Å². The van der Waals surface area contributed by atoms with Gasteiger partial charge >= 0.3 is 0 Å². The first-order chi connectivity index (χ1) is 10.6. The number of hydrogen-bond acceptors (Lipinski definition) is 3. The first kappa shape index (κ1) is 15.8. The minimum atomic E-state index is -0.108. The number of anilines is 1. The number of carbonyl (C=O) groups excluding carboxylic acids is 1. The zero-order valence-electron chi connectivity index (χ0n) is 12.1. The number of carbonyl (C=O) groups is 1. The molecule has 0 spiro atoms. The third-order valence-electron chi connectivity index (χ3n) is 3.58. The Morgan fingerprint density at radius 3 is 2.50 bits per heavy atom. The number of halogens is 1. The highest BCUT2D eigenvalue weighted by Crippen LogP contribution is 2.45. The Balaban J connectivity index is 1.73. The van der Waals surface area contributed by atoms with Crippen molar-refractivity contribution in [3.63, 3.8) is 0 Å². The van der Waals surface area contributed by atoms with Gasteiger partial charge in [0.1, 0.15) is 0 Å². The minimum absolute atomic E-state index is 0.108. The normalized spacial score (nSPS) is 15.0. The molecule has 3 rings (SSSR count). The fourth-order valence-electron chi connectivity index (χ4n) is 2.28. The van der Waals surface area contributed by atoms with Crippen LogP contribution in [0, 0.1) is 6.92 Å². The lowest BCUT2D eigenvalue weighted by Crippen LogP contribution is -2.12. The van der Waals surface area contributed by atoms with Crippen molar-refractivity contribution in [2.24, 2.45) is 0 Å². The molecular weight excluding hydrogens is 334 g/mol. The molecule has 1 aliphatic heterocycles. The molecule has 1 heterocycles. The highest BCUT2D eigenvalue weighted by Gasteiger charge is 2.18. The van der Waals surface area contributed by atoms with Gasteiger partial charge in [-0.15, -0.1) is 23.5 Å². The number of thioether (sulfide) groups is 2. The van der Waals surface area contributed by atoms with Crippen molar-refractivity contribution < 1.29 is 4.79 Å². The smallest absolute Gasteiger partial charge is 0.255 e. The lowest BCUT2D eigenvalue weighted by atomic mass is 10.1. The molecule has 1 aliphatic rings. The van der Waals surface area contributed by atoms with Crippen LogP contribution in [0.25, 0.3) is 0 Å². The van der Waals surface area contributed by atoms with Crippen molar-refractivity contribution >= 4 is 46.7 Å². The van der Waals surface area contributed by atoms with Gasteiger partial charge in [0, 0.05) is 27.8 Å². The molecule has 114 valence electrons. The van der Waals surface area contributed by atoms with Gasteiger partial charge in [-0.1, -0.05) is 29.8 Å². The average Bonchev–Trinajstić information content (AvgIpc) is 3.06. The third-order valence-corrected chi connectivity index (χ3v) is 7.10. The second-order valence-electron chi connectivity index (χ2n) is 5.06. The summed E-state index contributed by atoms with van der Waals surface area (Å²) in [6.07, 6.45) is 0. The van der Waals surface area contributed by atoms with Crippen LogP contribution in [0.3, 0.4) is 0 Å². The van der Waals surface area contributed by atoms with Gasteiger partial charge in [0.05, 0.1) is 4.58 Å². The Morgan fingerprint density at radius 2 is 1.82 bits per heavy atom. The van der Waals surface area contributed by atoms with Gasteiger partial charge < -0.3 is 5.32 Å². The number of nitrogens with one attached hydrogen (secondary N) is 1. The van der Waals surface area contributed by atoms with E-state index in [0.29, 0.717) is 15.2 Å². The maximum absolute atomic E-state index is 12.3. The molecule has 22 heavy (non-hydrogen) atoms. The molecule has 2 aromatic carbocycles. The van der Waals surface area contributed by atoms with Gasteiger partial charge in [0.25, 0.3) is 5.91 Å². The van der Waals surface area contributed by atoms with Crippen molar-refractivity contribution in [2.75, 3.05) is 16.8 Å². The summed E-state index contributed by atoms with van der Waals surface area (Å²) < 4.78 is 0.507. The summed E-state index contributed by atoms with van der Waals surface area (Å²) in [4.78, 5) is 12.3. The Bertz CT molecular complexity index is 682.